The monoisotopic (exact) mass is 391 g/mol. The summed E-state index contributed by atoms with van der Waals surface area (Å²) < 4.78 is 28.3. The fraction of sp³-hybridized carbons (Fsp3) is 0.474. The Morgan fingerprint density at radius 1 is 1.33 bits per heavy atom. The number of amides is 1. The van der Waals surface area contributed by atoms with Gasteiger partial charge in [-0.15, -0.1) is 0 Å². The molecule has 27 heavy (non-hydrogen) atoms. The van der Waals surface area contributed by atoms with Gasteiger partial charge in [-0.1, -0.05) is 35.5 Å². The molecule has 1 aromatic carbocycles. The lowest BCUT2D eigenvalue weighted by atomic mass is 10.1. The zero-order valence-corrected chi connectivity index (χ0v) is 16.2. The van der Waals surface area contributed by atoms with E-state index in [1.54, 1.807) is 0 Å². The molecule has 1 aromatic heterocycles. The van der Waals surface area contributed by atoms with E-state index in [0.29, 0.717) is 6.42 Å². The van der Waals surface area contributed by atoms with E-state index in [1.165, 1.54) is 0 Å². The predicted molar refractivity (Wildman–Crippen MR) is 103 cm³/mol. The number of aromatic nitrogens is 1. The van der Waals surface area contributed by atoms with Gasteiger partial charge < -0.3 is 9.84 Å². The second-order valence-electron chi connectivity index (χ2n) is 7.05. The lowest BCUT2D eigenvalue weighted by Crippen LogP contribution is -2.41. The number of sulfone groups is 1. The van der Waals surface area contributed by atoms with Crippen molar-refractivity contribution in [3.8, 4) is 11.3 Å². The summed E-state index contributed by atoms with van der Waals surface area (Å²) in [5.74, 6) is 0.904. The summed E-state index contributed by atoms with van der Waals surface area (Å²) in [4.78, 5) is 14.0. The largest absolute Gasteiger partial charge is 0.361 e. The molecule has 1 aliphatic rings. The summed E-state index contributed by atoms with van der Waals surface area (Å²) in [5, 5.41) is 6.91. The van der Waals surface area contributed by atoms with E-state index in [-0.39, 0.29) is 30.0 Å². The zero-order valence-electron chi connectivity index (χ0n) is 15.4. The van der Waals surface area contributed by atoms with E-state index in [2.05, 4.69) is 10.5 Å². The second kappa shape index (κ2) is 8.67. The van der Waals surface area contributed by atoms with E-state index >= 15 is 0 Å². The van der Waals surface area contributed by atoms with Crippen LogP contribution in [0, 0.1) is 0 Å². The normalized spacial score (nSPS) is 18.7. The Hall–Kier alpha value is -2.19. The van der Waals surface area contributed by atoms with Gasteiger partial charge in [-0.25, -0.2) is 8.42 Å². The van der Waals surface area contributed by atoms with Crippen LogP contribution in [0.1, 0.15) is 18.6 Å². The molecule has 0 spiro atoms. The van der Waals surface area contributed by atoms with Crippen molar-refractivity contribution in [2.75, 3.05) is 31.6 Å². The fourth-order valence-corrected chi connectivity index (χ4v) is 4.88. The first kappa shape index (κ1) is 19.6. The highest BCUT2D eigenvalue weighted by Crippen LogP contribution is 2.19. The number of hydrogen-bond acceptors (Lipinski definition) is 6. The molecule has 1 saturated heterocycles. The van der Waals surface area contributed by atoms with Crippen LogP contribution in [-0.4, -0.2) is 62.1 Å². The summed E-state index contributed by atoms with van der Waals surface area (Å²) in [6.45, 7) is 0.986. The first-order valence-corrected chi connectivity index (χ1v) is 10.9. The third-order valence-corrected chi connectivity index (χ3v) is 6.37. The molecule has 1 aliphatic heterocycles. The highest BCUT2D eigenvalue weighted by Gasteiger charge is 2.28. The molecule has 146 valence electrons. The summed E-state index contributed by atoms with van der Waals surface area (Å²) in [6, 6.07) is 11.6. The van der Waals surface area contributed by atoms with E-state index in [0.717, 1.165) is 36.4 Å². The van der Waals surface area contributed by atoms with Crippen LogP contribution in [0.25, 0.3) is 11.3 Å². The maximum Gasteiger partial charge on any atom is 0.234 e. The molecule has 3 rings (SSSR count). The molecule has 7 nitrogen and oxygen atoms in total. The third-order valence-electron chi connectivity index (χ3n) is 4.60. The molecule has 8 heteroatoms. The molecule has 1 unspecified atom stereocenters. The van der Waals surface area contributed by atoms with Gasteiger partial charge in [-0.3, -0.25) is 9.69 Å². The van der Waals surface area contributed by atoms with Crippen LogP contribution in [0.5, 0.6) is 0 Å². The molecule has 0 aliphatic carbocycles. The molecule has 0 saturated carbocycles. The number of nitrogens with one attached hydrogen (secondary N) is 1. The van der Waals surface area contributed by atoms with Gasteiger partial charge in [-0.2, -0.15) is 0 Å². The average Bonchev–Trinajstić information content (AvgIpc) is 3.22. The van der Waals surface area contributed by atoms with Crippen LogP contribution in [0.3, 0.4) is 0 Å². The van der Waals surface area contributed by atoms with Crippen molar-refractivity contribution in [3.63, 3.8) is 0 Å². The Morgan fingerprint density at radius 3 is 2.81 bits per heavy atom. The molecule has 1 amide bonds. The van der Waals surface area contributed by atoms with Crippen LogP contribution in [-0.2, 0) is 21.1 Å². The first-order chi connectivity index (χ1) is 12.9. The van der Waals surface area contributed by atoms with E-state index in [1.807, 2.05) is 48.3 Å². The highest BCUT2D eigenvalue weighted by atomic mass is 32.2. The first-order valence-electron chi connectivity index (χ1n) is 9.11. The minimum atomic E-state index is -2.98. The molecule has 2 aromatic rings. The van der Waals surface area contributed by atoms with Gasteiger partial charge in [0.1, 0.15) is 11.5 Å². The van der Waals surface area contributed by atoms with E-state index < -0.39 is 9.84 Å². The van der Waals surface area contributed by atoms with E-state index in [9.17, 15) is 13.2 Å². The summed E-state index contributed by atoms with van der Waals surface area (Å²) in [7, 11) is -1.10. The Morgan fingerprint density at radius 2 is 2.11 bits per heavy atom. The average molecular weight is 391 g/mol. The fourth-order valence-electron chi connectivity index (χ4n) is 3.21. The van der Waals surface area contributed by atoms with Crippen molar-refractivity contribution in [1.82, 2.24) is 15.4 Å². The summed E-state index contributed by atoms with van der Waals surface area (Å²) in [6.07, 6.45) is 2.09. The van der Waals surface area contributed by atoms with Crippen molar-refractivity contribution in [2.45, 2.75) is 25.3 Å². The maximum absolute atomic E-state index is 12.0. The topological polar surface area (TPSA) is 92.5 Å². The molecule has 1 atom stereocenters. The van der Waals surface area contributed by atoms with Gasteiger partial charge in [0.25, 0.3) is 0 Å². The van der Waals surface area contributed by atoms with Gasteiger partial charge in [0.15, 0.2) is 9.84 Å². The van der Waals surface area contributed by atoms with Crippen LogP contribution < -0.4 is 5.32 Å². The van der Waals surface area contributed by atoms with Crippen molar-refractivity contribution in [3.05, 3.63) is 42.2 Å². The Balaban J connectivity index is 1.38. The standard InChI is InChI=1S/C19H25N3O4S/c1-22(13-19(23)20-16-9-11-27(24,25)14-16)10-5-8-17-12-18(21-26-17)15-6-3-2-4-7-15/h2-4,6-7,12,16H,5,8-11,13-14H2,1H3,(H,20,23). The molecule has 0 radical (unpaired) electrons. The number of nitrogens with zero attached hydrogens (tertiary/aromatic N) is 2. The molecular formula is C19H25N3O4S. The maximum atomic E-state index is 12.0. The smallest absolute Gasteiger partial charge is 0.234 e. The highest BCUT2D eigenvalue weighted by molar-refractivity contribution is 7.91. The number of aryl methyl sites for hydroxylation is 1. The molecule has 1 fully saturated rings. The van der Waals surface area contributed by atoms with Gasteiger partial charge in [-0.05, 0) is 26.4 Å². The molecule has 0 bridgehead atoms. The Kier molecular flexibility index (Phi) is 6.28. The van der Waals surface area contributed by atoms with Crippen molar-refractivity contribution < 1.29 is 17.7 Å². The summed E-state index contributed by atoms with van der Waals surface area (Å²) in [5.41, 5.74) is 1.85. The third kappa shape index (κ3) is 5.90. The molecular weight excluding hydrogens is 366 g/mol. The number of benzene rings is 1. The lowest BCUT2D eigenvalue weighted by molar-refractivity contribution is -0.122. The Bertz CT molecular complexity index is 864. The minimum absolute atomic E-state index is 0.0533. The van der Waals surface area contributed by atoms with Crippen molar-refractivity contribution >= 4 is 15.7 Å². The van der Waals surface area contributed by atoms with Crippen LogP contribution in [0.4, 0.5) is 0 Å². The van der Waals surface area contributed by atoms with Crippen LogP contribution in [0.2, 0.25) is 0 Å². The summed E-state index contributed by atoms with van der Waals surface area (Å²) >= 11 is 0. The second-order valence-corrected chi connectivity index (χ2v) is 9.28. The number of rotatable bonds is 8. The Labute approximate surface area is 159 Å². The number of carbonyl (C=O) groups is 1. The zero-order chi connectivity index (χ0) is 19.3. The van der Waals surface area contributed by atoms with Crippen LogP contribution in [0.15, 0.2) is 40.9 Å². The van der Waals surface area contributed by atoms with Crippen molar-refractivity contribution in [2.24, 2.45) is 0 Å². The van der Waals surface area contributed by atoms with Gasteiger partial charge >= 0.3 is 0 Å². The molecule has 1 N–H and O–H groups in total. The predicted octanol–water partition coefficient (Wildman–Crippen LogP) is 1.51. The van der Waals surface area contributed by atoms with Gasteiger partial charge in [0.2, 0.25) is 5.91 Å². The van der Waals surface area contributed by atoms with Crippen LogP contribution >= 0.6 is 0 Å². The quantitative estimate of drug-likeness (QED) is 0.733. The SMILES string of the molecule is CN(CCCc1cc(-c2ccccc2)no1)CC(=O)NC1CCS(=O)(=O)C1. The molecule has 2 heterocycles. The number of carbonyl (C=O) groups excluding carboxylic acids is 1. The number of hydrogen-bond donors (Lipinski definition) is 1. The van der Waals surface area contributed by atoms with Crippen molar-refractivity contribution in [1.29, 1.82) is 0 Å². The minimum Gasteiger partial charge on any atom is -0.361 e. The van der Waals surface area contributed by atoms with E-state index in [4.69, 9.17) is 4.52 Å². The van der Waals surface area contributed by atoms with Gasteiger partial charge in [0.05, 0.1) is 18.1 Å². The van der Waals surface area contributed by atoms with Gasteiger partial charge in [0, 0.05) is 24.1 Å². The number of likely N-dealkylation sites (N-methyl/N-ethyl adjacent to an activating group) is 1. The lowest BCUT2D eigenvalue weighted by Gasteiger charge is -2.17.